The van der Waals surface area contributed by atoms with Crippen LogP contribution in [0.25, 0.3) is 11.0 Å². The van der Waals surface area contributed by atoms with Gasteiger partial charge in [0.15, 0.2) is 0 Å². The maximum Gasteiger partial charge on any atom is 0.336 e. The predicted molar refractivity (Wildman–Crippen MR) is 99.1 cm³/mol. The number of phenolic OH excluding ortho intramolecular Hbond substituents is 1. The molecule has 0 unspecified atom stereocenters. The molecule has 2 aromatic rings. The number of hydrogen-bond acceptors (Lipinski definition) is 5. The second-order valence-electron chi connectivity index (χ2n) is 7.23. The minimum atomic E-state index is -0.519. The highest BCUT2D eigenvalue weighted by Crippen LogP contribution is 2.29. The Morgan fingerprint density at radius 1 is 1.27 bits per heavy atom. The van der Waals surface area contributed by atoms with Gasteiger partial charge in [-0.15, -0.1) is 0 Å². The number of benzene rings is 1. The van der Waals surface area contributed by atoms with Gasteiger partial charge in [-0.2, -0.15) is 0 Å². The molecule has 26 heavy (non-hydrogen) atoms. The van der Waals surface area contributed by atoms with Gasteiger partial charge in [-0.25, -0.2) is 4.79 Å². The fraction of sp³-hybridized carbons (Fsp3) is 0.524. The Bertz CT molecular complexity index is 830. The van der Waals surface area contributed by atoms with Crippen molar-refractivity contribution >= 4 is 16.9 Å². The van der Waals surface area contributed by atoms with Crippen molar-refractivity contribution in [3.05, 3.63) is 39.7 Å². The van der Waals surface area contributed by atoms with E-state index >= 15 is 0 Å². The molecule has 0 bridgehead atoms. The number of hydrogen-bond donors (Lipinski definition) is 1. The zero-order valence-electron chi connectivity index (χ0n) is 15.3. The molecule has 1 aromatic heterocycles. The number of aromatic hydroxyl groups is 1. The van der Waals surface area contributed by atoms with Crippen LogP contribution < -0.4 is 5.63 Å². The topological polar surface area (TPSA) is 76.7 Å². The lowest BCUT2D eigenvalue weighted by molar-refractivity contribution is -0.145. The molecule has 5 heteroatoms. The normalized spacial score (nSPS) is 15.3. The van der Waals surface area contributed by atoms with Gasteiger partial charge in [-0.1, -0.05) is 32.1 Å². The molecular weight excluding hydrogens is 332 g/mol. The number of carbonyl (C=O) groups excluding carboxylic acids is 1. The van der Waals surface area contributed by atoms with Crippen molar-refractivity contribution in [2.75, 3.05) is 0 Å². The van der Waals surface area contributed by atoms with Crippen LogP contribution in [-0.2, 0) is 16.1 Å². The largest absolute Gasteiger partial charge is 0.508 e. The SMILES string of the molecule is Cc1c(O)ccc2c(COC(=O)CCCC3CCCCC3)cc(=O)oc12. The van der Waals surface area contributed by atoms with E-state index in [1.807, 2.05) is 0 Å². The van der Waals surface area contributed by atoms with E-state index in [0.29, 0.717) is 28.5 Å². The van der Waals surface area contributed by atoms with E-state index < -0.39 is 5.63 Å². The fourth-order valence-corrected chi connectivity index (χ4v) is 3.78. The number of aryl methyl sites for hydroxylation is 1. The Kier molecular flexibility index (Phi) is 5.96. The predicted octanol–water partition coefficient (Wildman–Crippen LogP) is 4.60. The molecule has 1 aromatic carbocycles. The zero-order chi connectivity index (χ0) is 18.5. The van der Waals surface area contributed by atoms with Gasteiger partial charge in [-0.3, -0.25) is 4.79 Å². The summed E-state index contributed by atoms with van der Waals surface area (Å²) in [4.78, 5) is 23.8. The lowest BCUT2D eigenvalue weighted by Gasteiger charge is -2.21. The van der Waals surface area contributed by atoms with Crippen molar-refractivity contribution in [2.24, 2.45) is 5.92 Å². The first-order valence-corrected chi connectivity index (χ1v) is 9.45. The summed E-state index contributed by atoms with van der Waals surface area (Å²) in [5.74, 6) is 0.588. The third-order valence-corrected chi connectivity index (χ3v) is 5.32. The molecular formula is C21H26O5. The molecule has 3 rings (SSSR count). The smallest absolute Gasteiger partial charge is 0.336 e. The number of esters is 1. The Labute approximate surface area is 153 Å². The molecule has 0 saturated heterocycles. The van der Waals surface area contributed by atoms with Crippen molar-refractivity contribution in [1.82, 2.24) is 0 Å². The van der Waals surface area contributed by atoms with Crippen molar-refractivity contribution < 1.29 is 19.1 Å². The molecule has 1 aliphatic carbocycles. The lowest BCUT2D eigenvalue weighted by Crippen LogP contribution is -2.10. The quantitative estimate of drug-likeness (QED) is 0.603. The van der Waals surface area contributed by atoms with Crippen LogP contribution in [-0.4, -0.2) is 11.1 Å². The molecule has 140 valence electrons. The second kappa shape index (κ2) is 8.39. The van der Waals surface area contributed by atoms with E-state index in [1.165, 1.54) is 38.2 Å². The van der Waals surface area contributed by atoms with Crippen molar-refractivity contribution in [1.29, 1.82) is 0 Å². The zero-order valence-corrected chi connectivity index (χ0v) is 15.3. The maximum atomic E-state index is 12.0. The Morgan fingerprint density at radius 3 is 2.81 bits per heavy atom. The van der Waals surface area contributed by atoms with Gasteiger partial charge in [0, 0.05) is 29.0 Å². The number of ether oxygens (including phenoxy) is 1. The van der Waals surface area contributed by atoms with Crippen LogP contribution in [0.3, 0.4) is 0 Å². The van der Waals surface area contributed by atoms with E-state index in [1.54, 1.807) is 19.1 Å². The Morgan fingerprint density at radius 2 is 2.04 bits per heavy atom. The molecule has 5 nitrogen and oxygen atoms in total. The van der Waals surface area contributed by atoms with Gasteiger partial charge < -0.3 is 14.3 Å². The summed E-state index contributed by atoms with van der Waals surface area (Å²) in [7, 11) is 0. The molecule has 0 spiro atoms. The van der Waals surface area contributed by atoms with Crippen molar-refractivity contribution in [2.45, 2.75) is 64.9 Å². The standard InChI is InChI=1S/C21H26O5/c1-14-18(22)11-10-17-16(12-20(24)26-21(14)17)13-25-19(23)9-5-8-15-6-3-2-4-7-15/h10-12,15,22H,2-9,13H2,1H3. The summed E-state index contributed by atoms with van der Waals surface area (Å²) in [5.41, 5.74) is 0.913. The number of fused-ring (bicyclic) bond motifs is 1. The molecule has 0 amide bonds. The third kappa shape index (κ3) is 4.45. The van der Waals surface area contributed by atoms with Crippen LogP contribution in [0.4, 0.5) is 0 Å². The molecule has 1 aliphatic rings. The van der Waals surface area contributed by atoms with E-state index in [4.69, 9.17) is 9.15 Å². The van der Waals surface area contributed by atoms with Crippen LogP contribution in [0.1, 0.15) is 62.5 Å². The first-order chi connectivity index (χ1) is 12.5. The minimum Gasteiger partial charge on any atom is -0.508 e. The number of carbonyl (C=O) groups is 1. The molecule has 0 aliphatic heterocycles. The summed E-state index contributed by atoms with van der Waals surface area (Å²) in [6.07, 6.45) is 8.89. The second-order valence-corrected chi connectivity index (χ2v) is 7.23. The minimum absolute atomic E-state index is 0.0363. The fourth-order valence-electron chi connectivity index (χ4n) is 3.78. The van der Waals surface area contributed by atoms with Crippen LogP contribution in [0.15, 0.2) is 27.4 Å². The van der Waals surface area contributed by atoms with Crippen molar-refractivity contribution in [3.63, 3.8) is 0 Å². The van der Waals surface area contributed by atoms with Gasteiger partial charge >= 0.3 is 11.6 Å². The Balaban J connectivity index is 1.58. The van der Waals surface area contributed by atoms with E-state index in [0.717, 1.165) is 18.8 Å². The average molecular weight is 358 g/mol. The molecule has 0 radical (unpaired) electrons. The Hall–Kier alpha value is -2.30. The van der Waals surface area contributed by atoms with Crippen LogP contribution >= 0.6 is 0 Å². The van der Waals surface area contributed by atoms with E-state index in [9.17, 15) is 14.7 Å². The highest BCUT2D eigenvalue weighted by molar-refractivity contribution is 5.85. The van der Waals surface area contributed by atoms with Gasteiger partial charge in [0.05, 0.1) is 0 Å². The van der Waals surface area contributed by atoms with Gasteiger partial charge in [0.2, 0.25) is 0 Å². The van der Waals surface area contributed by atoms with Gasteiger partial charge in [-0.05, 0) is 37.8 Å². The highest BCUT2D eigenvalue weighted by atomic mass is 16.5. The van der Waals surface area contributed by atoms with Gasteiger partial charge in [0.25, 0.3) is 0 Å². The molecule has 1 N–H and O–H groups in total. The average Bonchev–Trinajstić information content (AvgIpc) is 2.64. The molecule has 1 saturated carbocycles. The first-order valence-electron chi connectivity index (χ1n) is 9.45. The van der Waals surface area contributed by atoms with Crippen LogP contribution in [0.5, 0.6) is 5.75 Å². The highest BCUT2D eigenvalue weighted by Gasteiger charge is 2.15. The summed E-state index contributed by atoms with van der Waals surface area (Å²) in [6, 6.07) is 4.56. The molecule has 1 fully saturated rings. The monoisotopic (exact) mass is 358 g/mol. The van der Waals surface area contributed by atoms with Crippen LogP contribution in [0, 0.1) is 12.8 Å². The first kappa shape index (κ1) is 18.5. The summed E-state index contributed by atoms with van der Waals surface area (Å²) < 4.78 is 10.6. The van der Waals surface area contributed by atoms with Gasteiger partial charge in [0.1, 0.15) is 17.9 Å². The summed E-state index contributed by atoms with van der Waals surface area (Å²) in [6.45, 7) is 1.72. The van der Waals surface area contributed by atoms with E-state index in [2.05, 4.69) is 0 Å². The summed E-state index contributed by atoms with van der Waals surface area (Å²) >= 11 is 0. The number of phenols is 1. The van der Waals surface area contributed by atoms with Crippen molar-refractivity contribution in [3.8, 4) is 5.75 Å². The van der Waals surface area contributed by atoms with E-state index in [-0.39, 0.29) is 18.3 Å². The molecule has 0 atom stereocenters. The lowest BCUT2D eigenvalue weighted by atomic mass is 9.86. The molecule has 1 heterocycles. The maximum absolute atomic E-state index is 12.0. The number of rotatable bonds is 6. The summed E-state index contributed by atoms with van der Waals surface area (Å²) in [5, 5.41) is 10.5. The van der Waals surface area contributed by atoms with Crippen LogP contribution in [0.2, 0.25) is 0 Å². The third-order valence-electron chi connectivity index (χ3n) is 5.32.